The maximum atomic E-state index is 9.87. The Morgan fingerprint density at radius 1 is 0.657 bits per heavy atom. The molecule has 2 nitrogen and oxygen atoms in total. The van der Waals surface area contributed by atoms with Gasteiger partial charge in [-0.05, 0) is 49.6 Å². The molecule has 0 atom stereocenters. The topological polar surface area (TPSA) is 13.1 Å². The quantitative estimate of drug-likeness (QED) is 0.112. The molecule has 3 aromatic rings. The summed E-state index contributed by atoms with van der Waals surface area (Å²) in [6.07, 6.45) is 7.58. The van der Waals surface area contributed by atoms with Crippen LogP contribution in [-0.4, -0.2) is 6.61 Å². The number of benzene rings is 2. The SMILES string of the molecule is CCCCCCCCO[n+]1c(-c2ccccc2)cc(C)cc1-c1ccccc1.F[P-](F)(F)(F)(F)F. The molecule has 1 aromatic heterocycles. The summed E-state index contributed by atoms with van der Waals surface area (Å²) in [5.74, 6) is 0. The minimum atomic E-state index is -10.7. The predicted octanol–water partition coefficient (Wildman–Crippen LogP) is 9.79. The summed E-state index contributed by atoms with van der Waals surface area (Å²) >= 11 is 0. The van der Waals surface area contributed by atoms with Crippen LogP contribution in [0.2, 0.25) is 0 Å². The fraction of sp³-hybridized carbons (Fsp3) is 0.346. The van der Waals surface area contributed by atoms with Gasteiger partial charge in [0.25, 0.3) is 11.4 Å². The van der Waals surface area contributed by atoms with Crippen molar-refractivity contribution in [1.82, 2.24) is 0 Å². The number of pyridine rings is 1. The first-order chi connectivity index (χ1) is 16.2. The summed E-state index contributed by atoms with van der Waals surface area (Å²) in [5.41, 5.74) is 5.78. The van der Waals surface area contributed by atoms with Gasteiger partial charge in [-0.1, -0.05) is 69.0 Å². The van der Waals surface area contributed by atoms with E-state index in [4.69, 9.17) is 4.84 Å². The van der Waals surface area contributed by atoms with Crippen molar-refractivity contribution < 1.29 is 34.7 Å². The maximum absolute atomic E-state index is 10.7. The molecule has 0 aliphatic carbocycles. The first-order valence-corrected chi connectivity index (χ1v) is 13.6. The van der Waals surface area contributed by atoms with Gasteiger partial charge in [0, 0.05) is 16.9 Å². The van der Waals surface area contributed by atoms with Crippen molar-refractivity contribution in [1.29, 1.82) is 0 Å². The van der Waals surface area contributed by atoms with E-state index in [1.165, 1.54) is 48.8 Å². The second-order valence-electron chi connectivity index (χ2n) is 8.39. The number of hydrogen-bond donors (Lipinski definition) is 0. The molecule has 0 spiro atoms. The van der Waals surface area contributed by atoms with Crippen LogP contribution >= 0.6 is 7.81 Å². The van der Waals surface area contributed by atoms with Crippen molar-refractivity contribution in [3.05, 3.63) is 78.4 Å². The molecule has 0 saturated heterocycles. The molecule has 0 saturated carbocycles. The molecular weight excluding hydrogens is 487 g/mol. The Hall–Kier alpha value is -2.60. The molecule has 1 heterocycles. The summed E-state index contributed by atoms with van der Waals surface area (Å²) in [7, 11) is -10.7. The van der Waals surface area contributed by atoms with Crippen LogP contribution in [-0.2, 0) is 0 Å². The number of aromatic nitrogens is 1. The van der Waals surface area contributed by atoms with E-state index < -0.39 is 7.81 Å². The van der Waals surface area contributed by atoms with Gasteiger partial charge >= 0.3 is 33.0 Å². The molecule has 2 aromatic carbocycles. The Morgan fingerprint density at radius 3 is 1.49 bits per heavy atom. The van der Waals surface area contributed by atoms with Gasteiger partial charge in [-0.3, -0.25) is 4.84 Å². The molecule has 0 radical (unpaired) electrons. The Bertz CT molecular complexity index is 986. The van der Waals surface area contributed by atoms with Crippen LogP contribution in [0, 0.1) is 6.92 Å². The van der Waals surface area contributed by atoms with E-state index in [-0.39, 0.29) is 0 Å². The zero-order valence-corrected chi connectivity index (χ0v) is 20.8. The van der Waals surface area contributed by atoms with Gasteiger partial charge in [-0.2, -0.15) is 0 Å². The van der Waals surface area contributed by atoms with Crippen molar-refractivity contribution in [3.8, 4) is 22.5 Å². The molecule has 35 heavy (non-hydrogen) atoms. The van der Waals surface area contributed by atoms with Crippen molar-refractivity contribution in [2.45, 2.75) is 52.4 Å². The van der Waals surface area contributed by atoms with Gasteiger partial charge in [-0.15, -0.1) is 0 Å². The van der Waals surface area contributed by atoms with Crippen LogP contribution in [0.1, 0.15) is 51.0 Å². The monoisotopic (exact) mass is 519 g/mol. The average molecular weight is 520 g/mol. The third kappa shape index (κ3) is 12.6. The first-order valence-electron chi connectivity index (χ1n) is 11.6. The molecule has 0 aliphatic heterocycles. The summed E-state index contributed by atoms with van der Waals surface area (Å²) < 4.78 is 61.2. The van der Waals surface area contributed by atoms with Crippen molar-refractivity contribution in [2.75, 3.05) is 6.61 Å². The standard InChI is InChI=1S/C26H32NO.F6P/c1-3-4-5-6-7-14-19-28-27-25(23-15-10-8-11-16-23)20-22(2)21-26(27)24-17-12-9-13-18-24;1-7(2,3,4,5)6/h8-13,15-18,20-21H,3-7,14,19H2,1-2H3;/q+1;-1. The van der Waals surface area contributed by atoms with Gasteiger partial charge in [0.1, 0.15) is 0 Å². The normalized spacial score (nSPS) is 13.3. The van der Waals surface area contributed by atoms with Crippen LogP contribution in [0.15, 0.2) is 72.8 Å². The van der Waals surface area contributed by atoms with E-state index in [1.807, 2.05) is 4.73 Å². The van der Waals surface area contributed by atoms with Gasteiger partial charge < -0.3 is 0 Å². The number of aryl methyl sites for hydroxylation is 1. The van der Waals surface area contributed by atoms with Crippen molar-refractivity contribution >= 4 is 7.81 Å². The van der Waals surface area contributed by atoms with Crippen LogP contribution in [0.4, 0.5) is 25.2 Å². The fourth-order valence-corrected chi connectivity index (χ4v) is 3.52. The second-order valence-corrected chi connectivity index (χ2v) is 10.3. The minimum absolute atomic E-state index is 0.736. The second kappa shape index (κ2) is 11.4. The van der Waals surface area contributed by atoms with Crippen molar-refractivity contribution in [3.63, 3.8) is 0 Å². The number of nitrogens with zero attached hydrogens (tertiary/aromatic N) is 1. The number of hydrogen-bond acceptors (Lipinski definition) is 1. The van der Waals surface area contributed by atoms with Gasteiger partial charge in [-0.25, -0.2) is 0 Å². The van der Waals surface area contributed by atoms with E-state index in [1.54, 1.807) is 0 Å². The molecule has 3 rings (SSSR count). The number of rotatable bonds is 10. The van der Waals surface area contributed by atoms with Crippen LogP contribution < -0.4 is 9.57 Å². The first kappa shape index (κ1) is 28.6. The van der Waals surface area contributed by atoms with Crippen LogP contribution in [0.5, 0.6) is 0 Å². The summed E-state index contributed by atoms with van der Waals surface area (Å²) in [5, 5.41) is 0. The van der Waals surface area contributed by atoms with E-state index in [2.05, 4.69) is 86.6 Å². The van der Waals surface area contributed by atoms with Gasteiger partial charge in [0.15, 0.2) is 6.61 Å². The van der Waals surface area contributed by atoms with Gasteiger partial charge in [0.2, 0.25) is 0 Å². The summed E-state index contributed by atoms with van der Waals surface area (Å²) in [6, 6.07) is 25.4. The molecule has 194 valence electrons. The fourth-order valence-electron chi connectivity index (χ4n) is 3.52. The van der Waals surface area contributed by atoms with E-state index in [0.29, 0.717) is 0 Å². The molecule has 0 bridgehead atoms. The van der Waals surface area contributed by atoms with Crippen LogP contribution in [0.3, 0.4) is 0 Å². The molecule has 0 unspecified atom stereocenters. The van der Waals surface area contributed by atoms with Crippen molar-refractivity contribution in [2.24, 2.45) is 0 Å². The molecule has 0 fully saturated rings. The molecule has 9 heteroatoms. The average Bonchev–Trinajstić information content (AvgIpc) is 2.78. The van der Waals surface area contributed by atoms with E-state index in [9.17, 15) is 25.2 Å². The molecule has 0 N–H and O–H groups in total. The van der Waals surface area contributed by atoms with E-state index in [0.717, 1.165) is 24.4 Å². The molecule has 0 amide bonds. The molecular formula is C26H32F6NOP. The summed E-state index contributed by atoms with van der Waals surface area (Å²) in [4.78, 5) is 6.36. The Kier molecular flexibility index (Phi) is 9.35. The molecule has 0 aliphatic rings. The zero-order chi connectivity index (χ0) is 26.0. The summed E-state index contributed by atoms with van der Waals surface area (Å²) in [6.45, 7) is 5.14. The number of unbranched alkanes of at least 4 members (excludes halogenated alkanes) is 5. The zero-order valence-electron chi connectivity index (χ0n) is 19.9. The predicted molar refractivity (Wildman–Crippen MR) is 131 cm³/mol. The number of halogens is 6. The van der Waals surface area contributed by atoms with Crippen LogP contribution in [0.25, 0.3) is 22.5 Å². The third-order valence-corrected chi connectivity index (χ3v) is 5.02. The Morgan fingerprint density at radius 2 is 1.06 bits per heavy atom. The Balaban J connectivity index is 0.000000540. The van der Waals surface area contributed by atoms with E-state index >= 15 is 0 Å². The third-order valence-electron chi connectivity index (χ3n) is 5.02. The Labute approximate surface area is 202 Å². The van der Waals surface area contributed by atoms with Gasteiger partial charge in [0.05, 0.1) is 11.1 Å².